The van der Waals surface area contributed by atoms with Crippen LogP contribution in [0.2, 0.25) is 0 Å². The van der Waals surface area contributed by atoms with Crippen LogP contribution in [-0.2, 0) is 16.4 Å². The highest BCUT2D eigenvalue weighted by atomic mass is 32.2. The minimum atomic E-state index is -3.92. The van der Waals surface area contributed by atoms with Gasteiger partial charge in [-0.3, -0.25) is 14.5 Å². The average Bonchev–Trinajstić information content (AvgIpc) is 2.69. The van der Waals surface area contributed by atoms with Gasteiger partial charge in [-0.1, -0.05) is 42.5 Å². The van der Waals surface area contributed by atoms with E-state index in [2.05, 4.69) is 15.0 Å². The molecule has 0 radical (unpaired) electrons. The van der Waals surface area contributed by atoms with Crippen LogP contribution < -0.4 is 10.0 Å². The second kappa shape index (κ2) is 8.46. The molecule has 3 aromatic rings. The molecule has 7 heteroatoms. The molecule has 138 valence electrons. The first-order valence-corrected chi connectivity index (χ1v) is 9.88. The zero-order valence-corrected chi connectivity index (χ0v) is 15.3. The highest BCUT2D eigenvalue weighted by molar-refractivity contribution is 7.92. The summed E-state index contributed by atoms with van der Waals surface area (Å²) in [6.07, 6.45) is 3.61. The molecule has 0 saturated heterocycles. The number of aromatic nitrogens is 1. The Morgan fingerprint density at radius 3 is 2.41 bits per heavy atom. The fourth-order valence-electron chi connectivity index (χ4n) is 2.58. The lowest BCUT2D eigenvalue weighted by Gasteiger charge is -2.12. The normalized spacial score (nSPS) is 11.0. The molecule has 0 unspecified atom stereocenters. The second-order valence-electron chi connectivity index (χ2n) is 5.83. The molecule has 0 aliphatic rings. The number of anilines is 1. The molecule has 3 rings (SSSR count). The van der Waals surface area contributed by atoms with Crippen LogP contribution in [0, 0.1) is 0 Å². The van der Waals surface area contributed by atoms with E-state index in [4.69, 9.17) is 0 Å². The summed E-state index contributed by atoms with van der Waals surface area (Å²) in [5, 5.41) is 2.78. The third-order valence-corrected chi connectivity index (χ3v) is 5.32. The zero-order chi connectivity index (χ0) is 19.1. The molecule has 0 aliphatic heterocycles. The van der Waals surface area contributed by atoms with E-state index in [0.29, 0.717) is 18.7 Å². The van der Waals surface area contributed by atoms with Crippen LogP contribution in [0.25, 0.3) is 0 Å². The Hall–Kier alpha value is -3.19. The van der Waals surface area contributed by atoms with Gasteiger partial charge in [-0.05, 0) is 36.2 Å². The lowest BCUT2D eigenvalue weighted by molar-refractivity contribution is 0.0951. The predicted octanol–water partition coefficient (Wildman–Crippen LogP) is 2.85. The number of nitrogens with zero attached hydrogens (tertiary/aromatic N) is 1. The molecular formula is C20H19N3O3S. The predicted molar refractivity (Wildman–Crippen MR) is 104 cm³/mol. The first kappa shape index (κ1) is 18.6. The Morgan fingerprint density at radius 1 is 0.926 bits per heavy atom. The summed E-state index contributed by atoms with van der Waals surface area (Å²) in [6, 6.07) is 19.1. The monoisotopic (exact) mass is 381 g/mol. The van der Waals surface area contributed by atoms with Gasteiger partial charge in [0, 0.05) is 12.7 Å². The van der Waals surface area contributed by atoms with Gasteiger partial charge in [0.25, 0.3) is 15.9 Å². The van der Waals surface area contributed by atoms with Crippen molar-refractivity contribution in [1.29, 1.82) is 0 Å². The topological polar surface area (TPSA) is 88.2 Å². The highest BCUT2D eigenvalue weighted by Crippen LogP contribution is 2.19. The van der Waals surface area contributed by atoms with Crippen LogP contribution in [0.4, 0.5) is 5.69 Å². The number of sulfonamides is 1. The van der Waals surface area contributed by atoms with Gasteiger partial charge in [0.05, 0.1) is 17.4 Å². The van der Waals surface area contributed by atoms with Crippen molar-refractivity contribution in [3.63, 3.8) is 0 Å². The summed E-state index contributed by atoms with van der Waals surface area (Å²) in [4.78, 5) is 16.3. The van der Waals surface area contributed by atoms with Gasteiger partial charge in [0.2, 0.25) is 0 Å². The number of carbonyl (C=O) groups excluding carboxylic acids is 1. The van der Waals surface area contributed by atoms with E-state index in [0.717, 1.165) is 5.56 Å². The number of nitrogens with one attached hydrogen (secondary N) is 2. The number of carbonyl (C=O) groups is 1. The van der Waals surface area contributed by atoms with Crippen molar-refractivity contribution in [2.45, 2.75) is 11.3 Å². The van der Waals surface area contributed by atoms with Crippen molar-refractivity contribution in [2.24, 2.45) is 0 Å². The molecule has 0 aliphatic carbocycles. The lowest BCUT2D eigenvalue weighted by Crippen LogP contribution is -2.28. The molecule has 2 N–H and O–H groups in total. The van der Waals surface area contributed by atoms with Crippen molar-refractivity contribution in [3.05, 3.63) is 90.3 Å². The molecule has 27 heavy (non-hydrogen) atoms. The molecule has 0 atom stereocenters. The Kier molecular flexibility index (Phi) is 5.83. The van der Waals surface area contributed by atoms with E-state index >= 15 is 0 Å². The summed E-state index contributed by atoms with van der Waals surface area (Å²) in [5.74, 6) is -0.432. The van der Waals surface area contributed by atoms with E-state index < -0.39 is 15.9 Å². The smallest absolute Gasteiger partial charge is 0.262 e. The Labute approximate surface area is 158 Å². The lowest BCUT2D eigenvalue weighted by atomic mass is 10.1. The van der Waals surface area contributed by atoms with Crippen LogP contribution in [0.1, 0.15) is 15.9 Å². The van der Waals surface area contributed by atoms with E-state index in [1.165, 1.54) is 18.3 Å². The number of benzene rings is 2. The highest BCUT2D eigenvalue weighted by Gasteiger charge is 2.22. The molecular weight excluding hydrogens is 362 g/mol. The molecule has 1 amide bonds. The fourth-order valence-corrected chi connectivity index (χ4v) is 3.83. The standard InChI is InChI=1S/C20H19N3O3S/c24-20(22-14-12-16-7-2-1-3-8-16)18-10-4-5-11-19(18)27(25,26)23-17-9-6-13-21-15-17/h1-11,13,15,23H,12,14H2,(H,22,24). The maximum atomic E-state index is 12.7. The van der Waals surface area contributed by atoms with Gasteiger partial charge in [-0.2, -0.15) is 0 Å². The van der Waals surface area contributed by atoms with Crippen molar-refractivity contribution in [1.82, 2.24) is 10.3 Å². The van der Waals surface area contributed by atoms with Crippen molar-refractivity contribution in [2.75, 3.05) is 11.3 Å². The molecule has 0 fully saturated rings. The number of rotatable bonds is 7. The van der Waals surface area contributed by atoms with Crippen LogP contribution >= 0.6 is 0 Å². The van der Waals surface area contributed by atoms with Crippen LogP contribution in [0.5, 0.6) is 0 Å². The molecule has 2 aromatic carbocycles. The maximum Gasteiger partial charge on any atom is 0.262 e. The van der Waals surface area contributed by atoms with Crippen LogP contribution in [0.15, 0.2) is 84.0 Å². The average molecular weight is 381 g/mol. The summed E-state index contributed by atoms with van der Waals surface area (Å²) >= 11 is 0. The number of amides is 1. The molecule has 0 spiro atoms. The van der Waals surface area contributed by atoms with Crippen LogP contribution in [-0.4, -0.2) is 25.9 Å². The SMILES string of the molecule is O=C(NCCc1ccccc1)c1ccccc1S(=O)(=O)Nc1cccnc1. The van der Waals surface area contributed by atoms with Gasteiger partial charge < -0.3 is 5.32 Å². The van der Waals surface area contributed by atoms with Gasteiger partial charge in [0.1, 0.15) is 4.90 Å². The zero-order valence-electron chi connectivity index (χ0n) is 14.5. The van der Waals surface area contributed by atoms with Crippen LogP contribution in [0.3, 0.4) is 0 Å². The quantitative estimate of drug-likeness (QED) is 0.659. The number of hydrogen-bond donors (Lipinski definition) is 2. The Morgan fingerprint density at radius 2 is 1.67 bits per heavy atom. The summed E-state index contributed by atoms with van der Waals surface area (Å²) in [5.41, 5.74) is 1.52. The van der Waals surface area contributed by atoms with Gasteiger partial charge in [-0.15, -0.1) is 0 Å². The molecule has 6 nitrogen and oxygen atoms in total. The molecule has 1 heterocycles. The summed E-state index contributed by atoms with van der Waals surface area (Å²) in [7, 11) is -3.92. The van der Waals surface area contributed by atoms with Crippen molar-refractivity contribution in [3.8, 4) is 0 Å². The third-order valence-electron chi connectivity index (χ3n) is 3.88. The Bertz CT molecular complexity index is 1010. The summed E-state index contributed by atoms with van der Waals surface area (Å²) in [6.45, 7) is 0.410. The molecule has 0 bridgehead atoms. The molecule has 1 aromatic heterocycles. The van der Waals surface area contributed by atoms with Crippen molar-refractivity contribution >= 4 is 21.6 Å². The first-order valence-electron chi connectivity index (χ1n) is 8.40. The third kappa shape index (κ3) is 4.92. The Balaban J connectivity index is 1.74. The van der Waals surface area contributed by atoms with Gasteiger partial charge in [-0.25, -0.2) is 8.42 Å². The first-order chi connectivity index (χ1) is 13.1. The fraction of sp³-hybridized carbons (Fsp3) is 0.100. The number of pyridine rings is 1. The summed E-state index contributed by atoms with van der Waals surface area (Å²) < 4.78 is 27.8. The van der Waals surface area contributed by atoms with E-state index in [9.17, 15) is 13.2 Å². The largest absolute Gasteiger partial charge is 0.352 e. The molecule has 0 saturated carbocycles. The second-order valence-corrected chi connectivity index (χ2v) is 7.49. The minimum Gasteiger partial charge on any atom is -0.352 e. The minimum absolute atomic E-state index is 0.0777. The van der Waals surface area contributed by atoms with Gasteiger partial charge >= 0.3 is 0 Å². The van der Waals surface area contributed by atoms with E-state index in [1.807, 2.05) is 30.3 Å². The van der Waals surface area contributed by atoms with Gasteiger partial charge in [0.15, 0.2) is 0 Å². The van der Waals surface area contributed by atoms with E-state index in [1.54, 1.807) is 30.5 Å². The van der Waals surface area contributed by atoms with Crippen molar-refractivity contribution < 1.29 is 13.2 Å². The number of hydrogen-bond acceptors (Lipinski definition) is 4. The maximum absolute atomic E-state index is 12.7. The van der Waals surface area contributed by atoms with E-state index in [-0.39, 0.29) is 10.5 Å².